The van der Waals surface area contributed by atoms with Crippen LogP contribution < -0.4 is 5.32 Å². The van der Waals surface area contributed by atoms with E-state index in [2.05, 4.69) is 10.1 Å². The molecule has 0 unspecified atom stereocenters. The highest BCUT2D eigenvalue weighted by molar-refractivity contribution is 5.69. The lowest BCUT2D eigenvalue weighted by atomic mass is 9.99. The van der Waals surface area contributed by atoms with Crippen LogP contribution in [-0.4, -0.2) is 39.4 Å². The number of rotatable bonds is 5. The molecule has 0 aromatic carbocycles. The summed E-state index contributed by atoms with van der Waals surface area (Å²) >= 11 is 0. The van der Waals surface area contributed by atoms with Crippen molar-refractivity contribution in [1.82, 2.24) is 5.32 Å². The fourth-order valence-corrected chi connectivity index (χ4v) is 1.56. The third-order valence-electron chi connectivity index (χ3n) is 2.49. The molecule has 0 aromatic heterocycles. The van der Waals surface area contributed by atoms with E-state index < -0.39 is 0 Å². The second kappa shape index (κ2) is 6.79. The summed E-state index contributed by atoms with van der Waals surface area (Å²) in [6.45, 7) is 3.44. The van der Waals surface area contributed by atoms with Crippen molar-refractivity contribution in [3.63, 3.8) is 0 Å². The number of ether oxygens (including phenoxy) is 2. The van der Waals surface area contributed by atoms with Gasteiger partial charge in [0.1, 0.15) is 0 Å². The normalized spacial score (nSPS) is 18.1. The molecular weight excluding hydrogens is 182 g/mol. The maximum absolute atomic E-state index is 10.8. The molecule has 14 heavy (non-hydrogen) atoms. The number of hydrogen-bond donors (Lipinski definition) is 1. The summed E-state index contributed by atoms with van der Waals surface area (Å²) in [6, 6.07) is 0. The molecule has 4 nitrogen and oxygen atoms in total. The summed E-state index contributed by atoms with van der Waals surface area (Å²) in [4.78, 5) is 10.8. The maximum atomic E-state index is 10.8. The standard InChI is InChI=1S/C10H19NO3/c1-13-10(12)4-7-14-8-9-2-5-11-6-3-9/h9,11H,2-8H2,1H3. The Morgan fingerprint density at radius 2 is 2.14 bits per heavy atom. The van der Waals surface area contributed by atoms with Crippen LogP contribution in [0.4, 0.5) is 0 Å². The molecule has 1 aliphatic heterocycles. The Morgan fingerprint density at radius 3 is 2.79 bits per heavy atom. The van der Waals surface area contributed by atoms with Gasteiger partial charge in [-0.3, -0.25) is 4.79 Å². The van der Waals surface area contributed by atoms with Crippen LogP contribution in [0, 0.1) is 5.92 Å². The Kier molecular flexibility index (Phi) is 5.56. The summed E-state index contributed by atoms with van der Waals surface area (Å²) in [7, 11) is 1.40. The van der Waals surface area contributed by atoms with Gasteiger partial charge >= 0.3 is 5.97 Å². The molecule has 0 amide bonds. The molecule has 1 saturated heterocycles. The molecule has 82 valence electrons. The van der Waals surface area contributed by atoms with Gasteiger partial charge in [-0.15, -0.1) is 0 Å². The Hall–Kier alpha value is -0.610. The zero-order chi connectivity index (χ0) is 10.2. The Bertz CT molecular complexity index is 167. The third-order valence-corrected chi connectivity index (χ3v) is 2.49. The first-order chi connectivity index (χ1) is 6.83. The maximum Gasteiger partial charge on any atom is 0.307 e. The highest BCUT2D eigenvalue weighted by Crippen LogP contribution is 2.11. The molecule has 0 bridgehead atoms. The smallest absolute Gasteiger partial charge is 0.307 e. The lowest BCUT2D eigenvalue weighted by molar-refractivity contribution is -0.141. The largest absolute Gasteiger partial charge is 0.469 e. The van der Waals surface area contributed by atoms with Gasteiger partial charge in [-0.05, 0) is 31.8 Å². The van der Waals surface area contributed by atoms with E-state index in [1.54, 1.807) is 0 Å². The first-order valence-electron chi connectivity index (χ1n) is 5.18. The number of hydrogen-bond acceptors (Lipinski definition) is 4. The fraction of sp³-hybridized carbons (Fsp3) is 0.900. The lowest BCUT2D eigenvalue weighted by Gasteiger charge is -2.22. The molecule has 1 aliphatic rings. The number of nitrogens with one attached hydrogen (secondary N) is 1. The topological polar surface area (TPSA) is 47.6 Å². The first-order valence-corrected chi connectivity index (χ1v) is 5.18. The van der Waals surface area contributed by atoms with Crippen molar-refractivity contribution < 1.29 is 14.3 Å². The summed E-state index contributed by atoms with van der Waals surface area (Å²) in [5, 5.41) is 3.30. The Labute approximate surface area is 85.0 Å². The van der Waals surface area contributed by atoms with E-state index in [0.29, 0.717) is 18.9 Å². The van der Waals surface area contributed by atoms with Crippen LogP contribution in [0.2, 0.25) is 0 Å². The van der Waals surface area contributed by atoms with E-state index in [0.717, 1.165) is 19.7 Å². The van der Waals surface area contributed by atoms with Gasteiger partial charge in [0, 0.05) is 6.61 Å². The van der Waals surface area contributed by atoms with Gasteiger partial charge in [-0.2, -0.15) is 0 Å². The number of carbonyl (C=O) groups excluding carboxylic acids is 1. The highest BCUT2D eigenvalue weighted by atomic mass is 16.5. The lowest BCUT2D eigenvalue weighted by Crippen LogP contribution is -2.30. The molecule has 0 saturated carbocycles. The van der Waals surface area contributed by atoms with Crippen molar-refractivity contribution in [3.05, 3.63) is 0 Å². The predicted octanol–water partition coefficient (Wildman–Crippen LogP) is 0.566. The zero-order valence-corrected chi connectivity index (χ0v) is 8.75. The fourth-order valence-electron chi connectivity index (χ4n) is 1.56. The van der Waals surface area contributed by atoms with Crippen LogP contribution >= 0.6 is 0 Å². The third kappa shape index (κ3) is 4.58. The van der Waals surface area contributed by atoms with E-state index in [4.69, 9.17) is 4.74 Å². The number of piperidine rings is 1. The van der Waals surface area contributed by atoms with E-state index in [-0.39, 0.29) is 5.97 Å². The van der Waals surface area contributed by atoms with Crippen molar-refractivity contribution in [2.24, 2.45) is 5.92 Å². The highest BCUT2D eigenvalue weighted by Gasteiger charge is 2.12. The monoisotopic (exact) mass is 201 g/mol. The van der Waals surface area contributed by atoms with E-state index in [1.807, 2.05) is 0 Å². The Morgan fingerprint density at radius 1 is 1.43 bits per heavy atom. The number of carbonyl (C=O) groups is 1. The molecular formula is C10H19NO3. The van der Waals surface area contributed by atoms with Gasteiger partial charge in [0.05, 0.1) is 20.1 Å². The summed E-state index contributed by atoms with van der Waals surface area (Å²) < 4.78 is 9.93. The molecule has 1 fully saturated rings. The van der Waals surface area contributed by atoms with Crippen molar-refractivity contribution >= 4 is 5.97 Å². The van der Waals surface area contributed by atoms with Crippen molar-refractivity contribution in [2.75, 3.05) is 33.4 Å². The van der Waals surface area contributed by atoms with Gasteiger partial charge in [-0.1, -0.05) is 0 Å². The zero-order valence-electron chi connectivity index (χ0n) is 8.75. The second-order valence-corrected chi connectivity index (χ2v) is 3.59. The van der Waals surface area contributed by atoms with Crippen molar-refractivity contribution in [3.8, 4) is 0 Å². The van der Waals surface area contributed by atoms with Crippen molar-refractivity contribution in [1.29, 1.82) is 0 Å². The minimum absolute atomic E-state index is 0.199. The summed E-state index contributed by atoms with van der Waals surface area (Å²) in [5.74, 6) is 0.462. The summed E-state index contributed by atoms with van der Waals surface area (Å²) in [5.41, 5.74) is 0. The van der Waals surface area contributed by atoms with E-state index in [1.165, 1.54) is 20.0 Å². The minimum atomic E-state index is -0.199. The van der Waals surface area contributed by atoms with Crippen molar-refractivity contribution in [2.45, 2.75) is 19.3 Å². The van der Waals surface area contributed by atoms with Crippen LogP contribution in [0.15, 0.2) is 0 Å². The molecule has 1 heterocycles. The molecule has 0 radical (unpaired) electrons. The minimum Gasteiger partial charge on any atom is -0.469 e. The first kappa shape index (κ1) is 11.5. The molecule has 4 heteroatoms. The quantitative estimate of drug-likeness (QED) is 0.521. The summed E-state index contributed by atoms with van der Waals surface area (Å²) in [6.07, 6.45) is 2.72. The number of methoxy groups -OCH3 is 1. The molecule has 0 aliphatic carbocycles. The predicted molar refractivity (Wildman–Crippen MR) is 53.0 cm³/mol. The van der Waals surface area contributed by atoms with Gasteiger partial charge in [0.15, 0.2) is 0 Å². The molecule has 0 spiro atoms. The van der Waals surface area contributed by atoms with E-state index >= 15 is 0 Å². The average Bonchev–Trinajstić information content (AvgIpc) is 2.25. The average molecular weight is 201 g/mol. The van der Waals surface area contributed by atoms with Gasteiger partial charge in [0.2, 0.25) is 0 Å². The van der Waals surface area contributed by atoms with Crippen LogP contribution in [0.25, 0.3) is 0 Å². The van der Waals surface area contributed by atoms with Gasteiger partial charge in [0.25, 0.3) is 0 Å². The van der Waals surface area contributed by atoms with Gasteiger partial charge in [-0.25, -0.2) is 0 Å². The molecule has 0 aromatic rings. The molecule has 0 atom stereocenters. The second-order valence-electron chi connectivity index (χ2n) is 3.59. The molecule has 1 rings (SSSR count). The number of esters is 1. The van der Waals surface area contributed by atoms with E-state index in [9.17, 15) is 4.79 Å². The van der Waals surface area contributed by atoms with Crippen LogP contribution in [-0.2, 0) is 14.3 Å². The van der Waals surface area contributed by atoms with Crippen LogP contribution in [0.5, 0.6) is 0 Å². The molecule has 1 N–H and O–H groups in total. The Balaban J connectivity index is 1.94. The SMILES string of the molecule is COC(=O)CCOCC1CCNCC1. The van der Waals surface area contributed by atoms with Crippen LogP contribution in [0.3, 0.4) is 0 Å². The van der Waals surface area contributed by atoms with Gasteiger partial charge < -0.3 is 14.8 Å². The van der Waals surface area contributed by atoms with Crippen LogP contribution in [0.1, 0.15) is 19.3 Å².